The predicted molar refractivity (Wildman–Crippen MR) is 98.4 cm³/mol. The maximum Gasteiger partial charge on any atom is 0.160 e. The van der Waals surface area contributed by atoms with E-state index in [1.165, 1.54) is 57.8 Å². The van der Waals surface area contributed by atoms with Gasteiger partial charge in [0.1, 0.15) is 0 Å². The summed E-state index contributed by atoms with van der Waals surface area (Å²) in [5, 5.41) is 0. The topological polar surface area (TPSA) is 20.3 Å². The molecule has 0 saturated heterocycles. The molecule has 1 aliphatic carbocycles. The fraction of sp³-hybridized carbons (Fsp3) is 0.857. The maximum atomic E-state index is 12.8. The van der Waals surface area contributed by atoms with E-state index < -0.39 is 0 Å². The molecular weight excluding hydrogens is 282 g/mol. The molecule has 2 aliphatic rings. The molecule has 2 heteroatoms. The molecule has 0 unspecified atom stereocenters. The fourth-order valence-corrected chi connectivity index (χ4v) is 4.12. The molecule has 0 N–H and O–H groups in total. The zero-order valence-corrected chi connectivity index (χ0v) is 15.7. The highest BCUT2D eigenvalue weighted by molar-refractivity contribution is 5.96. The van der Waals surface area contributed by atoms with Gasteiger partial charge in [0, 0.05) is 30.8 Å². The van der Waals surface area contributed by atoms with E-state index in [9.17, 15) is 4.79 Å². The van der Waals surface area contributed by atoms with Crippen molar-refractivity contribution in [2.45, 2.75) is 104 Å². The lowest BCUT2D eigenvalue weighted by molar-refractivity contribution is -0.117. The van der Waals surface area contributed by atoms with Crippen molar-refractivity contribution in [1.29, 1.82) is 0 Å². The average Bonchev–Trinajstić information content (AvgIpc) is 2.55. The second-order valence-corrected chi connectivity index (χ2v) is 8.29. The van der Waals surface area contributed by atoms with Crippen molar-refractivity contribution >= 4 is 5.78 Å². The number of allylic oxidation sites excluding steroid dienone is 1. The maximum absolute atomic E-state index is 12.8. The lowest BCUT2D eigenvalue weighted by Crippen LogP contribution is -2.41. The monoisotopic (exact) mass is 319 g/mol. The first-order valence-electron chi connectivity index (χ1n) is 10.1. The molecule has 1 heterocycles. The van der Waals surface area contributed by atoms with Gasteiger partial charge in [-0.25, -0.2) is 0 Å². The highest BCUT2D eigenvalue weighted by atomic mass is 16.1. The van der Waals surface area contributed by atoms with Crippen LogP contribution in [-0.2, 0) is 4.79 Å². The lowest BCUT2D eigenvalue weighted by Gasteiger charge is -2.42. The molecule has 2 nitrogen and oxygen atoms in total. The molecule has 0 spiro atoms. The SMILES string of the molecule is CCCCCCCC(=O)C1=CN(C2CCCCC2)CCC1(C)C. The summed E-state index contributed by atoms with van der Waals surface area (Å²) in [7, 11) is 0. The molecule has 23 heavy (non-hydrogen) atoms. The van der Waals surface area contributed by atoms with E-state index in [4.69, 9.17) is 0 Å². The Bertz CT molecular complexity index is 404. The number of nitrogens with zero attached hydrogens (tertiary/aromatic N) is 1. The van der Waals surface area contributed by atoms with Crippen LogP contribution in [0.1, 0.15) is 97.8 Å². The normalized spacial score (nSPS) is 22.0. The summed E-state index contributed by atoms with van der Waals surface area (Å²) >= 11 is 0. The molecule has 132 valence electrons. The molecule has 1 saturated carbocycles. The summed E-state index contributed by atoms with van der Waals surface area (Å²) < 4.78 is 0. The Morgan fingerprint density at radius 1 is 1.13 bits per heavy atom. The molecule has 1 aliphatic heterocycles. The van der Waals surface area contributed by atoms with Gasteiger partial charge in [-0.3, -0.25) is 4.79 Å². The van der Waals surface area contributed by atoms with Crippen LogP contribution in [0.3, 0.4) is 0 Å². The number of rotatable bonds is 8. The Hall–Kier alpha value is -0.790. The summed E-state index contributed by atoms with van der Waals surface area (Å²) in [4.78, 5) is 15.3. The predicted octanol–water partition coefficient (Wildman–Crippen LogP) is 5.86. The van der Waals surface area contributed by atoms with E-state index in [0.29, 0.717) is 11.8 Å². The van der Waals surface area contributed by atoms with Crippen LogP contribution in [-0.4, -0.2) is 23.3 Å². The molecule has 2 rings (SSSR count). The molecule has 0 bridgehead atoms. The van der Waals surface area contributed by atoms with E-state index in [-0.39, 0.29) is 5.41 Å². The van der Waals surface area contributed by atoms with Gasteiger partial charge < -0.3 is 4.90 Å². The van der Waals surface area contributed by atoms with Crippen LogP contribution in [0, 0.1) is 5.41 Å². The summed E-state index contributed by atoms with van der Waals surface area (Å²) in [5.74, 6) is 0.409. The first-order chi connectivity index (χ1) is 11.0. The van der Waals surface area contributed by atoms with Gasteiger partial charge in [0.05, 0.1) is 0 Å². The van der Waals surface area contributed by atoms with Crippen molar-refractivity contribution < 1.29 is 4.79 Å². The highest BCUT2D eigenvalue weighted by Gasteiger charge is 2.34. The first kappa shape index (κ1) is 18.5. The number of unbranched alkanes of at least 4 members (excludes halogenated alkanes) is 4. The number of hydrogen-bond donors (Lipinski definition) is 0. The van der Waals surface area contributed by atoms with Gasteiger partial charge in [0.25, 0.3) is 0 Å². The van der Waals surface area contributed by atoms with Crippen LogP contribution in [0.15, 0.2) is 11.8 Å². The quantitative estimate of drug-likeness (QED) is 0.522. The fourth-order valence-electron chi connectivity index (χ4n) is 4.12. The molecule has 1 fully saturated rings. The van der Waals surface area contributed by atoms with E-state index in [0.717, 1.165) is 31.4 Å². The Kier molecular flexibility index (Phi) is 7.17. The molecule has 0 amide bonds. The van der Waals surface area contributed by atoms with E-state index in [2.05, 4.69) is 31.9 Å². The smallest absolute Gasteiger partial charge is 0.160 e. The summed E-state index contributed by atoms with van der Waals surface area (Å²) in [5.41, 5.74) is 1.16. The minimum atomic E-state index is 0.0612. The zero-order valence-electron chi connectivity index (χ0n) is 15.7. The number of ketones is 1. The third kappa shape index (κ3) is 5.36. The summed E-state index contributed by atoms with van der Waals surface area (Å²) in [6.45, 7) is 7.88. The largest absolute Gasteiger partial charge is 0.374 e. The molecule has 0 atom stereocenters. The zero-order chi connectivity index (χ0) is 16.7. The van der Waals surface area contributed by atoms with Crippen LogP contribution >= 0.6 is 0 Å². The average molecular weight is 320 g/mol. The van der Waals surface area contributed by atoms with Crippen molar-refractivity contribution in [1.82, 2.24) is 4.90 Å². The van der Waals surface area contributed by atoms with Gasteiger partial charge in [-0.05, 0) is 31.1 Å². The molecular formula is C21H37NO. The van der Waals surface area contributed by atoms with Gasteiger partial charge in [-0.1, -0.05) is 65.7 Å². The second kappa shape index (κ2) is 8.89. The van der Waals surface area contributed by atoms with Crippen molar-refractivity contribution in [2.24, 2.45) is 5.41 Å². The van der Waals surface area contributed by atoms with Gasteiger partial charge in [0.15, 0.2) is 5.78 Å². The summed E-state index contributed by atoms with van der Waals surface area (Å²) in [6.07, 6.45) is 17.0. The van der Waals surface area contributed by atoms with Crippen molar-refractivity contribution in [3.63, 3.8) is 0 Å². The molecule has 0 aromatic rings. The Morgan fingerprint density at radius 2 is 1.83 bits per heavy atom. The Balaban J connectivity index is 1.94. The van der Waals surface area contributed by atoms with Gasteiger partial charge in [0.2, 0.25) is 0 Å². The van der Waals surface area contributed by atoms with Crippen LogP contribution in [0.5, 0.6) is 0 Å². The molecule has 0 aromatic carbocycles. The number of carbonyl (C=O) groups is 1. The van der Waals surface area contributed by atoms with E-state index in [1.807, 2.05) is 0 Å². The molecule has 0 aromatic heterocycles. The minimum absolute atomic E-state index is 0.0612. The van der Waals surface area contributed by atoms with Crippen molar-refractivity contribution in [2.75, 3.05) is 6.54 Å². The first-order valence-corrected chi connectivity index (χ1v) is 10.1. The Morgan fingerprint density at radius 3 is 2.52 bits per heavy atom. The van der Waals surface area contributed by atoms with E-state index in [1.54, 1.807) is 0 Å². The van der Waals surface area contributed by atoms with E-state index >= 15 is 0 Å². The van der Waals surface area contributed by atoms with Gasteiger partial charge in [-0.2, -0.15) is 0 Å². The van der Waals surface area contributed by atoms with Crippen LogP contribution in [0.25, 0.3) is 0 Å². The van der Waals surface area contributed by atoms with Crippen LogP contribution < -0.4 is 0 Å². The minimum Gasteiger partial charge on any atom is -0.374 e. The number of Topliss-reactive ketones (excluding diaryl/α,β-unsaturated/α-hetero) is 1. The Labute approximate surface area is 143 Å². The standard InChI is InChI=1S/C21H37NO/c1-4-5-6-7-11-14-20(23)19-17-22(16-15-21(19,2)3)18-12-9-8-10-13-18/h17-18H,4-16H2,1-3H3. The lowest BCUT2D eigenvalue weighted by atomic mass is 9.76. The van der Waals surface area contributed by atoms with Crippen LogP contribution in [0.4, 0.5) is 0 Å². The highest BCUT2D eigenvalue weighted by Crippen LogP contribution is 2.38. The van der Waals surface area contributed by atoms with Crippen LogP contribution in [0.2, 0.25) is 0 Å². The van der Waals surface area contributed by atoms with Gasteiger partial charge >= 0.3 is 0 Å². The molecule has 0 radical (unpaired) electrons. The number of hydrogen-bond acceptors (Lipinski definition) is 2. The van der Waals surface area contributed by atoms with Crippen molar-refractivity contribution in [3.8, 4) is 0 Å². The third-order valence-electron chi connectivity index (χ3n) is 5.87. The van der Waals surface area contributed by atoms with Gasteiger partial charge in [-0.15, -0.1) is 0 Å². The third-order valence-corrected chi connectivity index (χ3v) is 5.87. The summed E-state index contributed by atoms with van der Waals surface area (Å²) in [6, 6.07) is 0.687. The second-order valence-electron chi connectivity index (χ2n) is 8.29. The number of carbonyl (C=O) groups excluding carboxylic acids is 1. The van der Waals surface area contributed by atoms with Crippen molar-refractivity contribution in [3.05, 3.63) is 11.8 Å².